The molecule has 0 aliphatic heterocycles. The minimum atomic E-state index is -0.763. The van der Waals surface area contributed by atoms with Crippen molar-refractivity contribution >= 4 is 17.5 Å². The van der Waals surface area contributed by atoms with Gasteiger partial charge < -0.3 is 14.2 Å². The highest BCUT2D eigenvalue weighted by molar-refractivity contribution is 6.29. The molecule has 1 heterocycles. The number of aromatic nitrogens is 2. The predicted molar refractivity (Wildman–Crippen MR) is 103 cm³/mol. The third-order valence-electron chi connectivity index (χ3n) is 4.81. The van der Waals surface area contributed by atoms with Gasteiger partial charge in [0, 0.05) is 23.2 Å². The molecule has 142 valence electrons. The molecule has 6 nitrogen and oxygen atoms in total. The van der Waals surface area contributed by atoms with Crippen molar-refractivity contribution in [1.29, 1.82) is 0 Å². The van der Waals surface area contributed by atoms with E-state index in [9.17, 15) is 4.79 Å². The molecule has 1 amide bonds. The summed E-state index contributed by atoms with van der Waals surface area (Å²) in [7, 11) is 3.35. The third kappa shape index (κ3) is 3.90. The van der Waals surface area contributed by atoms with Crippen LogP contribution in [0.5, 0.6) is 5.75 Å². The van der Waals surface area contributed by atoms with E-state index in [-0.39, 0.29) is 5.91 Å². The summed E-state index contributed by atoms with van der Waals surface area (Å²) in [4.78, 5) is 19.0. The van der Waals surface area contributed by atoms with E-state index in [1.54, 1.807) is 31.2 Å². The maximum absolute atomic E-state index is 12.9. The van der Waals surface area contributed by atoms with E-state index in [1.165, 1.54) is 0 Å². The quantitative estimate of drug-likeness (QED) is 0.765. The van der Waals surface area contributed by atoms with Gasteiger partial charge in [-0.2, -0.15) is 4.98 Å². The fourth-order valence-electron chi connectivity index (χ4n) is 2.73. The lowest BCUT2D eigenvalue weighted by Crippen LogP contribution is -2.43. The first-order valence-electron chi connectivity index (χ1n) is 8.65. The van der Waals surface area contributed by atoms with Crippen LogP contribution in [0.4, 0.5) is 0 Å². The number of allylic oxidation sites excluding steroid dienone is 3. The van der Waals surface area contributed by atoms with Gasteiger partial charge in [0.25, 0.3) is 5.89 Å². The van der Waals surface area contributed by atoms with Crippen LogP contribution in [0.2, 0.25) is 0 Å². The van der Waals surface area contributed by atoms with E-state index >= 15 is 0 Å². The topological polar surface area (TPSA) is 68.5 Å². The SMILES string of the molecule is COc1ccc(-c2noc(C(C)(C)N(C)C(=O)C3=CC=C(Cl)CC3)n2)cc1. The first kappa shape index (κ1) is 19.2. The molecule has 0 unspecified atom stereocenters. The van der Waals surface area contributed by atoms with Crippen molar-refractivity contribution < 1.29 is 14.1 Å². The van der Waals surface area contributed by atoms with Gasteiger partial charge in [-0.15, -0.1) is 0 Å². The highest BCUT2D eigenvalue weighted by Gasteiger charge is 2.36. The van der Waals surface area contributed by atoms with Gasteiger partial charge in [-0.05, 0) is 57.0 Å². The van der Waals surface area contributed by atoms with Crippen molar-refractivity contribution in [3.05, 3.63) is 52.9 Å². The van der Waals surface area contributed by atoms with E-state index in [1.807, 2.05) is 38.1 Å². The summed E-state index contributed by atoms with van der Waals surface area (Å²) in [5.41, 5.74) is 0.760. The fraction of sp³-hybridized carbons (Fsp3) is 0.350. The number of methoxy groups -OCH3 is 1. The maximum atomic E-state index is 12.9. The molecule has 0 N–H and O–H groups in total. The normalized spacial score (nSPS) is 14.4. The van der Waals surface area contributed by atoms with Crippen LogP contribution in [-0.2, 0) is 10.3 Å². The standard InChI is InChI=1S/C20H22ClN3O3/c1-20(2,24(3)18(25)14-5-9-15(21)10-6-14)19-22-17(23-27-19)13-7-11-16(26-4)12-8-13/h5,7-9,11-12H,6,10H2,1-4H3. The highest BCUT2D eigenvalue weighted by atomic mass is 35.5. The van der Waals surface area contributed by atoms with Crippen LogP contribution in [0.25, 0.3) is 11.4 Å². The summed E-state index contributed by atoms with van der Waals surface area (Å²) in [6.45, 7) is 3.75. The molecule has 2 aromatic rings. The van der Waals surface area contributed by atoms with E-state index < -0.39 is 5.54 Å². The minimum absolute atomic E-state index is 0.0791. The number of ether oxygens (including phenoxy) is 1. The monoisotopic (exact) mass is 387 g/mol. The number of hydrogen-bond donors (Lipinski definition) is 0. The van der Waals surface area contributed by atoms with Gasteiger partial charge in [0.15, 0.2) is 0 Å². The molecule has 0 saturated heterocycles. The Hall–Kier alpha value is -2.60. The molecule has 0 atom stereocenters. The van der Waals surface area contributed by atoms with Crippen molar-refractivity contribution in [2.75, 3.05) is 14.2 Å². The molecule has 27 heavy (non-hydrogen) atoms. The van der Waals surface area contributed by atoms with Crippen molar-refractivity contribution in [3.8, 4) is 17.1 Å². The van der Waals surface area contributed by atoms with E-state index in [0.29, 0.717) is 30.1 Å². The van der Waals surface area contributed by atoms with Gasteiger partial charge in [-0.1, -0.05) is 22.8 Å². The highest BCUT2D eigenvalue weighted by Crippen LogP contribution is 2.31. The zero-order valence-corrected chi connectivity index (χ0v) is 16.6. The molecule has 0 bridgehead atoms. The molecule has 1 aliphatic rings. The summed E-state index contributed by atoms with van der Waals surface area (Å²) >= 11 is 5.98. The van der Waals surface area contributed by atoms with E-state index in [2.05, 4.69) is 10.1 Å². The van der Waals surface area contributed by atoms with Gasteiger partial charge in [0.2, 0.25) is 11.7 Å². The smallest absolute Gasteiger partial charge is 0.252 e. The number of amides is 1. The van der Waals surface area contributed by atoms with Crippen LogP contribution < -0.4 is 4.74 Å². The lowest BCUT2D eigenvalue weighted by atomic mass is 9.98. The minimum Gasteiger partial charge on any atom is -0.497 e. The average Bonchev–Trinajstić information content (AvgIpc) is 3.18. The Morgan fingerprint density at radius 1 is 1.22 bits per heavy atom. The molecule has 0 saturated carbocycles. The van der Waals surface area contributed by atoms with Crippen LogP contribution >= 0.6 is 11.6 Å². The molecule has 1 aliphatic carbocycles. The molecule has 1 aromatic carbocycles. The largest absolute Gasteiger partial charge is 0.497 e. The van der Waals surface area contributed by atoms with E-state index in [0.717, 1.165) is 16.3 Å². The van der Waals surface area contributed by atoms with Crippen LogP contribution in [0.1, 0.15) is 32.6 Å². The maximum Gasteiger partial charge on any atom is 0.252 e. The number of hydrogen-bond acceptors (Lipinski definition) is 5. The second-order valence-corrected chi connectivity index (χ2v) is 7.37. The third-order valence-corrected chi connectivity index (χ3v) is 5.13. The second kappa shape index (κ2) is 7.56. The lowest BCUT2D eigenvalue weighted by molar-refractivity contribution is -0.131. The van der Waals surface area contributed by atoms with Gasteiger partial charge in [-0.3, -0.25) is 4.79 Å². The zero-order valence-electron chi connectivity index (χ0n) is 15.8. The molecule has 0 spiro atoms. The Balaban J connectivity index is 1.82. The molecule has 7 heteroatoms. The zero-order chi connectivity index (χ0) is 19.6. The number of carbonyl (C=O) groups excluding carboxylic acids is 1. The number of nitrogens with zero attached hydrogens (tertiary/aromatic N) is 3. The van der Waals surface area contributed by atoms with Gasteiger partial charge in [-0.25, -0.2) is 0 Å². The van der Waals surface area contributed by atoms with Crippen LogP contribution in [0.15, 0.2) is 51.5 Å². The summed E-state index contributed by atoms with van der Waals surface area (Å²) in [6, 6.07) is 7.39. The fourth-order valence-corrected chi connectivity index (χ4v) is 2.89. The first-order valence-corrected chi connectivity index (χ1v) is 9.02. The van der Waals surface area contributed by atoms with Crippen molar-refractivity contribution in [2.45, 2.75) is 32.2 Å². The molecular weight excluding hydrogens is 366 g/mol. The molecule has 0 fully saturated rings. The number of carbonyl (C=O) groups is 1. The van der Waals surface area contributed by atoms with Crippen LogP contribution in [0.3, 0.4) is 0 Å². The summed E-state index contributed by atoms with van der Waals surface area (Å²) in [5.74, 6) is 1.51. The number of benzene rings is 1. The van der Waals surface area contributed by atoms with Gasteiger partial charge >= 0.3 is 0 Å². The number of likely N-dealkylation sites (N-methyl/N-ethyl adjacent to an activating group) is 1. The molecule has 1 aromatic heterocycles. The molecule has 0 radical (unpaired) electrons. The Labute approximate surface area is 163 Å². The van der Waals surface area contributed by atoms with Crippen molar-refractivity contribution in [2.24, 2.45) is 0 Å². The number of rotatable bonds is 5. The Kier molecular flexibility index (Phi) is 5.37. The van der Waals surface area contributed by atoms with Crippen LogP contribution in [-0.4, -0.2) is 35.1 Å². The van der Waals surface area contributed by atoms with Crippen molar-refractivity contribution in [3.63, 3.8) is 0 Å². The van der Waals surface area contributed by atoms with Gasteiger partial charge in [0.1, 0.15) is 11.3 Å². The Morgan fingerprint density at radius 3 is 2.52 bits per heavy atom. The summed E-state index contributed by atoms with van der Waals surface area (Å²) < 4.78 is 10.6. The Morgan fingerprint density at radius 2 is 1.93 bits per heavy atom. The van der Waals surface area contributed by atoms with E-state index in [4.69, 9.17) is 20.9 Å². The second-order valence-electron chi connectivity index (χ2n) is 6.88. The summed E-state index contributed by atoms with van der Waals surface area (Å²) in [5, 5.41) is 4.82. The predicted octanol–water partition coefficient (Wildman–Crippen LogP) is 4.28. The lowest BCUT2D eigenvalue weighted by Gasteiger charge is -2.33. The summed E-state index contributed by atoms with van der Waals surface area (Å²) in [6.07, 6.45) is 4.84. The Bertz CT molecular complexity index is 897. The van der Waals surface area contributed by atoms with Crippen molar-refractivity contribution in [1.82, 2.24) is 15.0 Å². The number of halogens is 1. The average molecular weight is 388 g/mol. The molecule has 3 rings (SSSR count). The molecular formula is C20H22ClN3O3. The van der Waals surface area contributed by atoms with Gasteiger partial charge in [0.05, 0.1) is 7.11 Å². The van der Waals surface area contributed by atoms with Crippen LogP contribution in [0, 0.1) is 0 Å². The first-order chi connectivity index (χ1) is 12.8.